The highest BCUT2D eigenvalue weighted by atomic mass is 79.9. The summed E-state index contributed by atoms with van der Waals surface area (Å²) < 4.78 is 23.3. The van der Waals surface area contributed by atoms with E-state index in [0.717, 1.165) is 14.2 Å². The number of halogens is 2. The summed E-state index contributed by atoms with van der Waals surface area (Å²) in [7, 11) is -3.20. The number of rotatable bonds is 3. The van der Waals surface area contributed by atoms with E-state index in [4.69, 9.17) is 11.6 Å². The molecule has 0 saturated carbocycles. The van der Waals surface area contributed by atoms with Gasteiger partial charge >= 0.3 is 0 Å². The summed E-state index contributed by atoms with van der Waals surface area (Å²) in [5.41, 5.74) is 0. The summed E-state index contributed by atoms with van der Waals surface area (Å²) in [4.78, 5) is 1.98. The molecule has 1 unspecified atom stereocenters. The second-order valence-electron chi connectivity index (χ2n) is 4.31. The Kier molecular flexibility index (Phi) is 4.16. The molecule has 0 saturated heterocycles. The Morgan fingerprint density at radius 1 is 1.50 bits per heavy atom. The van der Waals surface area contributed by atoms with E-state index >= 15 is 0 Å². The van der Waals surface area contributed by atoms with Crippen LogP contribution in [0.3, 0.4) is 0 Å². The average molecular weight is 346 g/mol. The molecule has 0 spiro atoms. The molecule has 0 aliphatic heterocycles. The van der Waals surface area contributed by atoms with Gasteiger partial charge in [0.25, 0.3) is 0 Å². The molecular formula is C10H14BrClO2S2. The van der Waals surface area contributed by atoms with Crippen LogP contribution in [-0.4, -0.2) is 19.4 Å². The van der Waals surface area contributed by atoms with Crippen molar-refractivity contribution in [3.63, 3.8) is 0 Å². The van der Waals surface area contributed by atoms with Crippen molar-refractivity contribution in [2.75, 3.05) is 6.26 Å². The summed E-state index contributed by atoms with van der Waals surface area (Å²) in [5.74, 6) is 0. The number of sulfone groups is 1. The van der Waals surface area contributed by atoms with E-state index in [1.54, 1.807) is 13.8 Å². The Hall–Kier alpha value is 0.420. The molecule has 6 heteroatoms. The largest absolute Gasteiger partial charge is 0.229 e. The number of alkyl halides is 1. The van der Waals surface area contributed by atoms with Gasteiger partial charge in [0.15, 0.2) is 9.84 Å². The Morgan fingerprint density at radius 2 is 2.00 bits per heavy atom. The quantitative estimate of drug-likeness (QED) is 0.778. The second-order valence-corrected chi connectivity index (χ2v) is 9.48. The van der Waals surface area contributed by atoms with Crippen LogP contribution in [0.5, 0.6) is 0 Å². The van der Waals surface area contributed by atoms with Crippen molar-refractivity contribution in [1.82, 2.24) is 0 Å². The standard InChI is InChI=1S/C10H14BrClO2S2/c1-6-5-7(11)8(15-6)9(12)10(2,3)16(4,13)14/h5,9H,1-4H3. The van der Waals surface area contributed by atoms with Crippen LogP contribution in [0.4, 0.5) is 0 Å². The molecule has 1 aromatic rings. The zero-order chi connectivity index (χ0) is 12.7. The molecule has 0 radical (unpaired) electrons. The van der Waals surface area contributed by atoms with Crippen molar-refractivity contribution >= 4 is 48.7 Å². The van der Waals surface area contributed by atoms with Crippen LogP contribution in [0.2, 0.25) is 0 Å². The number of aryl methyl sites for hydroxylation is 1. The molecule has 0 aliphatic rings. The predicted octanol–water partition coefficient (Wildman–Crippen LogP) is 3.92. The van der Waals surface area contributed by atoms with Crippen LogP contribution < -0.4 is 0 Å². The van der Waals surface area contributed by atoms with Gasteiger partial charge in [-0.1, -0.05) is 0 Å². The molecule has 0 bridgehead atoms. The topological polar surface area (TPSA) is 34.1 Å². The van der Waals surface area contributed by atoms with Crippen molar-refractivity contribution in [1.29, 1.82) is 0 Å². The van der Waals surface area contributed by atoms with Gasteiger partial charge in [0.2, 0.25) is 0 Å². The van der Waals surface area contributed by atoms with Gasteiger partial charge < -0.3 is 0 Å². The van der Waals surface area contributed by atoms with E-state index in [0.29, 0.717) is 0 Å². The number of hydrogen-bond donors (Lipinski definition) is 0. The van der Waals surface area contributed by atoms with Gasteiger partial charge in [-0.2, -0.15) is 0 Å². The smallest absolute Gasteiger partial charge is 0.154 e. The maximum atomic E-state index is 11.7. The molecule has 1 rings (SSSR count). The Balaban J connectivity index is 3.22. The summed E-state index contributed by atoms with van der Waals surface area (Å²) >= 11 is 11.2. The van der Waals surface area contributed by atoms with Gasteiger partial charge in [0.05, 0.1) is 10.1 Å². The lowest BCUT2D eigenvalue weighted by Crippen LogP contribution is -2.35. The monoisotopic (exact) mass is 344 g/mol. The van der Waals surface area contributed by atoms with E-state index in [1.807, 2.05) is 13.0 Å². The van der Waals surface area contributed by atoms with E-state index in [2.05, 4.69) is 15.9 Å². The van der Waals surface area contributed by atoms with Crippen molar-refractivity contribution in [2.45, 2.75) is 30.9 Å². The van der Waals surface area contributed by atoms with E-state index in [1.165, 1.54) is 17.6 Å². The molecule has 1 atom stereocenters. The number of hydrogen-bond acceptors (Lipinski definition) is 3. The van der Waals surface area contributed by atoms with Gasteiger partial charge in [-0.25, -0.2) is 8.42 Å². The molecular weight excluding hydrogens is 332 g/mol. The third kappa shape index (κ3) is 2.63. The normalized spacial score (nSPS) is 15.1. The molecule has 92 valence electrons. The second kappa shape index (κ2) is 4.59. The minimum absolute atomic E-state index is 0.546. The number of thiophene rings is 1. The van der Waals surface area contributed by atoms with Crippen LogP contribution in [0.25, 0.3) is 0 Å². The predicted molar refractivity (Wildman–Crippen MR) is 74.3 cm³/mol. The van der Waals surface area contributed by atoms with Crippen LogP contribution >= 0.6 is 38.9 Å². The van der Waals surface area contributed by atoms with Crippen LogP contribution in [0.1, 0.15) is 29.0 Å². The Labute approximate surface area is 114 Å². The summed E-state index contributed by atoms with van der Waals surface area (Å²) in [5, 5.41) is -0.546. The highest BCUT2D eigenvalue weighted by Crippen LogP contribution is 2.44. The maximum Gasteiger partial charge on any atom is 0.154 e. The van der Waals surface area contributed by atoms with Crippen molar-refractivity contribution < 1.29 is 8.42 Å². The Bertz CT molecular complexity index is 491. The fourth-order valence-corrected chi connectivity index (χ4v) is 4.66. The van der Waals surface area contributed by atoms with Crippen molar-refractivity contribution in [3.05, 3.63) is 20.3 Å². The van der Waals surface area contributed by atoms with Crippen LogP contribution in [-0.2, 0) is 9.84 Å². The van der Waals surface area contributed by atoms with Gasteiger partial charge in [0, 0.05) is 20.5 Å². The minimum Gasteiger partial charge on any atom is -0.229 e. The molecule has 2 nitrogen and oxygen atoms in total. The molecule has 0 aliphatic carbocycles. The van der Waals surface area contributed by atoms with Gasteiger partial charge in [-0.3, -0.25) is 0 Å². The minimum atomic E-state index is -3.20. The summed E-state index contributed by atoms with van der Waals surface area (Å²) in [6, 6.07) is 1.95. The molecule has 1 heterocycles. The van der Waals surface area contributed by atoms with Crippen molar-refractivity contribution in [2.24, 2.45) is 0 Å². The van der Waals surface area contributed by atoms with Gasteiger partial charge in [0.1, 0.15) is 0 Å². The zero-order valence-corrected chi connectivity index (χ0v) is 13.5. The van der Waals surface area contributed by atoms with Crippen LogP contribution in [0, 0.1) is 6.92 Å². The highest BCUT2D eigenvalue weighted by molar-refractivity contribution is 9.10. The third-order valence-electron chi connectivity index (χ3n) is 2.63. The summed E-state index contributed by atoms with van der Waals surface area (Å²) in [6.45, 7) is 5.28. The lowest BCUT2D eigenvalue weighted by Gasteiger charge is -2.27. The zero-order valence-electron chi connectivity index (χ0n) is 9.54. The first-order valence-electron chi connectivity index (χ1n) is 4.67. The maximum absolute atomic E-state index is 11.7. The molecule has 1 aromatic heterocycles. The van der Waals surface area contributed by atoms with Gasteiger partial charge in [-0.15, -0.1) is 22.9 Å². The SMILES string of the molecule is Cc1cc(Br)c(C(Cl)C(C)(C)S(C)(=O)=O)s1. The lowest BCUT2D eigenvalue weighted by atomic mass is 10.1. The molecule has 0 N–H and O–H groups in total. The fourth-order valence-electron chi connectivity index (χ4n) is 1.18. The van der Waals surface area contributed by atoms with E-state index in [-0.39, 0.29) is 0 Å². The van der Waals surface area contributed by atoms with E-state index < -0.39 is 20.0 Å². The first-order chi connectivity index (χ1) is 7.07. The first kappa shape index (κ1) is 14.5. The average Bonchev–Trinajstić information content (AvgIpc) is 2.41. The van der Waals surface area contributed by atoms with Crippen LogP contribution in [0.15, 0.2) is 10.5 Å². The van der Waals surface area contributed by atoms with Gasteiger partial charge in [-0.05, 0) is 42.8 Å². The third-order valence-corrected chi connectivity index (χ3v) is 7.84. The molecule has 0 aromatic carbocycles. The lowest BCUT2D eigenvalue weighted by molar-refractivity contribution is 0.545. The summed E-state index contributed by atoms with van der Waals surface area (Å²) in [6.07, 6.45) is 1.22. The van der Waals surface area contributed by atoms with Crippen molar-refractivity contribution in [3.8, 4) is 0 Å². The molecule has 0 fully saturated rings. The molecule has 16 heavy (non-hydrogen) atoms. The Morgan fingerprint density at radius 3 is 2.31 bits per heavy atom. The van der Waals surface area contributed by atoms with E-state index in [9.17, 15) is 8.42 Å². The fraction of sp³-hybridized carbons (Fsp3) is 0.600. The molecule has 0 amide bonds. The highest BCUT2D eigenvalue weighted by Gasteiger charge is 2.40. The first-order valence-corrected chi connectivity index (χ1v) is 8.60.